The minimum Gasteiger partial charge on any atom is -0.334 e. The molecular formula is C23H19ClN3O2+. The zero-order valence-electron chi connectivity index (χ0n) is 15.5. The highest BCUT2D eigenvalue weighted by Crippen LogP contribution is 2.26. The molecule has 3 aromatic carbocycles. The van der Waals surface area contributed by atoms with Crippen LogP contribution in [0.25, 0.3) is 0 Å². The van der Waals surface area contributed by atoms with Crippen LogP contribution in [0.15, 0.2) is 84.9 Å². The minimum atomic E-state index is -0.760. The van der Waals surface area contributed by atoms with E-state index in [1.54, 1.807) is 41.2 Å². The Bertz CT molecular complexity index is 1070. The maximum absolute atomic E-state index is 12.8. The molecule has 0 unspecified atom stereocenters. The van der Waals surface area contributed by atoms with Crippen LogP contribution in [-0.2, 0) is 4.79 Å². The average Bonchev–Trinajstić information content (AvgIpc) is 3.05. The molecule has 3 aromatic rings. The molecule has 4 rings (SSSR count). The first-order chi connectivity index (χ1) is 14.1. The molecule has 0 saturated carbocycles. The number of hydrazone groups is 1. The molecule has 0 bridgehead atoms. The summed E-state index contributed by atoms with van der Waals surface area (Å²) in [5.41, 5.74) is 5.02. The van der Waals surface area contributed by atoms with Crippen molar-refractivity contribution in [2.45, 2.75) is 12.1 Å². The van der Waals surface area contributed by atoms with Gasteiger partial charge in [-0.25, -0.2) is 0 Å². The van der Waals surface area contributed by atoms with Crippen LogP contribution in [-0.4, -0.2) is 28.8 Å². The highest BCUT2D eigenvalue weighted by Gasteiger charge is 2.47. The number of hydrogen-bond donors (Lipinski definition) is 2. The third-order valence-corrected chi connectivity index (χ3v) is 5.13. The second kappa shape index (κ2) is 8.29. The molecule has 29 heavy (non-hydrogen) atoms. The third kappa shape index (κ3) is 4.05. The van der Waals surface area contributed by atoms with Gasteiger partial charge in [-0.1, -0.05) is 72.3 Å². The number of carbonyl (C=O) groups is 2. The van der Waals surface area contributed by atoms with Crippen molar-refractivity contribution in [1.29, 1.82) is 0 Å². The molecule has 0 aromatic heterocycles. The molecule has 6 heteroatoms. The van der Waals surface area contributed by atoms with Gasteiger partial charge in [0.05, 0.1) is 10.6 Å². The van der Waals surface area contributed by atoms with Crippen molar-refractivity contribution in [3.05, 3.63) is 107 Å². The molecule has 144 valence electrons. The fourth-order valence-corrected chi connectivity index (χ4v) is 3.56. The molecule has 2 atom stereocenters. The van der Waals surface area contributed by atoms with E-state index in [2.05, 4.69) is 10.7 Å². The smallest absolute Gasteiger partial charge is 0.304 e. The Balaban J connectivity index is 1.71. The summed E-state index contributed by atoms with van der Waals surface area (Å²) < 4.78 is 1.70. The molecule has 1 saturated heterocycles. The number of hydrazine groups is 1. The maximum Gasteiger partial charge on any atom is 0.304 e. The van der Waals surface area contributed by atoms with Gasteiger partial charge in [0.15, 0.2) is 6.04 Å². The van der Waals surface area contributed by atoms with Gasteiger partial charge in [-0.2, -0.15) is 0 Å². The van der Waals surface area contributed by atoms with Gasteiger partial charge in [0.25, 0.3) is 5.91 Å². The summed E-state index contributed by atoms with van der Waals surface area (Å²) in [7, 11) is 0. The van der Waals surface area contributed by atoms with Crippen LogP contribution in [0, 0.1) is 0 Å². The number of nitrogens with one attached hydrogen (secondary N) is 2. The molecule has 2 amide bonds. The zero-order valence-corrected chi connectivity index (χ0v) is 16.2. The Morgan fingerprint density at radius 2 is 1.55 bits per heavy atom. The zero-order chi connectivity index (χ0) is 20.2. The molecule has 5 nitrogen and oxygen atoms in total. The number of halogens is 1. The molecule has 0 aliphatic carbocycles. The first-order valence-electron chi connectivity index (χ1n) is 9.22. The molecule has 0 radical (unpaired) electrons. The van der Waals surface area contributed by atoms with Crippen LogP contribution in [0.2, 0.25) is 5.02 Å². The van der Waals surface area contributed by atoms with E-state index in [1.807, 2.05) is 54.6 Å². The molecule has 1 aliphatic heterocycles. The quantitative estimate of drug-likeness (QED) is 0.655. The van der Waals surface area contributed by atoms with Crippen molar-refractivity contribution in [2.24, 2.45) is 0 Å². The summed E-state index contributed by atoms with van der Waals surface area (Å²) in [5.74, 6) is -0.585. The summed E-state index contributed by atoms with van der Waals surface area (Å²) >= 11 is 6.29. The molecule has 1 fully saturated rings. The molecule has 1 heterocycles. The van der Waals surface area contributed by atoms with Crippen LogP contribution in [0.3, 0.4) is 0 Å². The van der Waals surface area contributed by atoms with E-state index < -0.39 is 12.1 Å². The van der Waals surface area contributed by atoms with Crippen molar-refractivity contribution in [3.8, 4) is 0 Å². The van der Waals surface area contributed by atoms with Crippen LogP contribution in [0.4, 0.5) is 0 Å². The fourth-order valence-electron chi connectivity index (χ4n) is 3.37. The van der Waals surface area contributed by atoms with Crippen molar-refractivity contribution < 1.29 is 14.3 Å². The average molecular weight is 405 g/mol. The monoisotopic (exact) mass is 404 g/mol. The van der Waals surface area contributed by atoms with Crippen LogP contribution in [0.5, 0.6) is 0 Å². The van der Waals surface area contributed by atoms with Gasteiger partial charge < -0.3 is 5.32 Å². The first-order valence-corrected chi connectivity index (χ1v) is 9.60. The Morgan fingerprint density at radius 1 is 0.931 bits per heavy atom. The van der Waals surface area contributed by atoms with Crippen LogP contribution in [0.1, 0.15) is 27.5 Å². The van der Waals surface area contributed by atoms with Gasteiger partial charge in [-0.05, 0) is 24.3 Å². The van der Waals surface area contributed by atoms with Gasteiger partial charge in [-0.3, -0.25) is 9.59 Å². The summed E-state index contributed by atoms with van der Waals surface area (Å²) in [6, 6.07) is 24.6. The molecular weight excluding hydrogens is 386 g/mol. The van der Waals surface area contributed by atoms with Crippen molar-refractivity contribution >= 4 is 29.6 Å². The SMILES string of the molecule is O=C(N[C@@H]1C(=O)N/[N+](=C\c2ccccc2Cl)[C@H]1c1ccccc1)c1ccccc1. The Morgan fingerprint density at radius 3 is 2.24 bits per heavy atom. The fraction of sp³-hybridized carbons (Fsp3) is 0.0870. The lowest BCUT2D eigenvalue weighted by molar-refractivity contribution is -0.596. The topological polar surface area (TPSA) is 61.2 Å². The highest BCUT2D eigenvalue weighted by atomic mass is 35.5. The summed E-state index contributed by atoms with van der Waals surface area (Å²) in [6.07, 6.45) is 1.78. The molecule has 1 aliphatic rings. The van der Waals surface area contributed by atoms with Crippen molar-refractivity contribution in [3.63, 3.8) is 0 Å². The lowest BCUT2D eigenvalue weighted by atomic mass is 10.00. The maximum atomic E-state index is 12.8. The van der Waals surface area contributed by atoms with Crippen molar-refractivity contribution in [1.82, 2.24) is 10.7 Å². The van der Waals surface area contributed by atoms with E-state index in [-0.39, 0.29) is 11.8 Å². The lowest BCUT2D eigenvalue weighted by Crippen LogP contribution is -2.42. The standard InChI is InChI=1S/C23H18ClN3O2/c24-19-14-8-7-13-18(19)15-27-21(16-9-3-1-4-10-16)20(23(29)26-27)25-22(28)17-11-5-2-6-12-17/h1-15,20-21H,(H-,25,26,28,29)/p+1/b27-15-/t20-,21-/m0/s1. The second-order valence-electron chi connectivity index (χ2n) is 6.71. The number of carbonyl (C=O) groups excluding carboxylic acids is 2. The number of hydrogen-bond acceptors (Lipinski definition) is 2. The highest BCUT2D eigenvalue weighted by molar-refractivity contribution is 6.32. The largest absolute Gasteiger partial charge is 0.334 e. The molecule has 2 N–H and O–H groups in total. The molecule has 0 spiro atoms. The van der Waals surface area contributed by atoms with E-state index in [0.29, 0.717) is 10.6 Å². The van der Waals surface area contributed by atoms with E-state index >= 15 is 0 Å². The Hall–Kier alpha value is -3.44. The van der Waals surface area contributed by atoms with E-state index in [4.69, 9.17) is 11.6 Å². The van der Waals surface area contributed by atoms with Gasteiger partial charge in [0.1, 0.15) is 0 Å². The van der Waals surface area contributed by atoms with E-state index in [1.165, 1.54) is 0 Å². The van der Waals surface area contributed by atoms with E-state index in [0.717, 1.165) is 11.1 Å². The van der Waals surface area contributed by atoms with E-state index in [9.17, 15) is 9.59 Å². The van der Waals surface area contributed by atoms with Crippen molar-refractivity contribution in [2.75, 3.05) is 0 Å². The summed E-state index contributed by atoms with van der Waals surface area (Å²) in [6.45, 7) is 0. The normalized spacial score (nSPS) is 19.8. The van der Waals surface area contributed by atoms with Gasteiger partial charge in [0, 0.05) is 11.1 Å². The predicted molar refractivity (Wildman–Crippen MR) is 112 cm³/mol. The van der Waals surface area contributed by atoms with Crippen LogP contribution >= 0.6 is 11.6 Å². The number of benzene rings is 3. The van der Waals surface area contributed by atoms with Gasteiger partial charge >= 0.3 is 5.91 Å². The first kappa shape index (κ1) is 18.9. The summed E-state index contributed by atoms with van der Waals surface area (Å²) in [5, 5.41) is 3.45. The second-order valence-corrected chi connectivity index (χ2v) is 7.11. The van der Waals surface area contributed by atoms with Crippen LogP contribution < -0.4 is 10.7 Å². The summed E-state index contributed by atoms with van der Waals surface area (Å²) in [4.78, 5) is 25.5. The number of nitrogens with zero attached hydrogens (tertiary/aromatic N) is 1. The number of rotatable bonds is 4. The minimum absolute atomic E-state index is 0.286. The lowest BCUT2D eigenvalue weighted by Gasteiger charge is -2.14. The Kier molecular flexibility index (Phi) is 5.40. The van der Waals surface area contributed by atoms with Gasteiger partial charge in [-0.15, -0.1) is 10.1 Å². The predicted octanol–water partition coefficient (Wildman–Crippen LogP) is 3.36. The number of amides is 2. The Labute approximate surface area is 173 Å². The van der Waals surface area contributed by atoms with Gasteiger partial charge in [0.2, 0.25) is 12.3 Å². The third-order valence-electron chi connectivity index (χ3n) is 4.78.